The minimum absolute atomic E-state index is 0.0297. The number of rotatable bonds is 7. The number of alkyl halides is 3. The van der Waals surface area contributed by atoms with Crippen LogP contribution in [-0.2, 0) is 17.4 Å². The van der Waals surface area contributed by atoms with E-state index >= 15 is 0 Å². The quantitative estimate of drug-likeness (QED) is 0.686. The van der Waals surface area contributed by atoms with Crippen molar-refractivity contribution < 1.29 is 18.0 Å². The van der Waals surface area contributed by atoms with Gasteiger partial charge >= 0.3 is 6.18 Å². The van der Waals surface area contributed by atoms with Gasteiger partial charge in [0, 0.05) is 31.7 Å². The van der Waals surface area contributed by atoms with Gasteiger partial charge in [-0.25, -0.2) is 4.98 Å². The molecule has 1 aromatic carbocycles. The first-order chi connectivity index (χ1) is 15.2. The van der Waals surface area contributed by atoms with Gasteiger partial charge in [-0.3, -0.25) is 4.79 Å². The Labute approximate surface area is 187 Å². The van der Waals surface area contributed by atoms with E-state index in [1.165, 1.54) is 11.6 Å². The van der Waals surface area contributed by atoms with Gasteiger partial charge in [-0.05, 0) is 56.6 Å². The van der Waals surface area contributed by atoms with Crippen LogP contribution in [0.25, 0.3) is 0 Å². The van der Waals surface area contributed by atoms with Crippen molar-refractivity contribution in [1.82, 2.24) is 15.2 Å². The number of benzene rings is 1. The molecule has 1 aliphatic heterocycles. The monoisotopic (exact) mass is 448 g/mol. The first-order valence-electron chi connectivity index (χ1n) is 11.0. The van der Waals surface area contributed by atoms with E-state index in [-0.39, 0.29) is 17.9 Å². The fourth-order valence-corrected chi connectivity index (χ4v) is 4.03. The number of carbonyl (C=O) groups is 1. The Hall–Kier alpha value is -2.61. The number of likely N-dealkylation sites (N-methyl/N-ethyl adjacent to an activating group) is 1. The van der Waals surface area contributed by atoms with Crippen LogP contribution < -0.4 is 10.2 Å². The molecule has 2 heterocycles. The smallest absolute Gasteiger partial charge is 0.357 e. The van der Waals surface area contributed by atoms with Crippen molar-refractivity contribution in [3.05, 3.63) is 59.3 Å². The zero-order valence-electron chi connectivity index (χ0n) is 18.8. The number of piperidine rings is 1. The second-order valence-corrected chi connectivity index (χ2v) is 8.48. The van der Waals surface area contributed by atoms with Gasteiger partial charge in [-0.2, -0.15) is 13.2 Å². The molecule has 1 saturated heterocycles. The SMILES string of the molecule is CCc1ccc([C@@H](CNC(=O)C2CCN(c3ccc(C(F)(F)F)cn3)CC2)N(C)C)cc1. The van der Waals surface area contributed by atoms with Crippen LogP contribution in [0.5, 0.6) is 0 Å². The van der Waals surface area contributed by atoms with Crippen LogP contribution in [0.4, 0.5) is 19.0 Å². The molecule has 1 N–H and O–H groups in total. The maximum atomic E-state index is 12.8. The number of hydrogen-bond donors (Lipinski definition) is 1. The summed E-state index contributed by atoms with van der Waals surface area (Å²) in [6.07, 6.45) is -1.25. The molecule has 2 aromatic rings. The average molecular weight is 449 g/mol. The highest BCUT2D eigenvalue weighted by molar-refractivity contribution is 5.79. The first kappa shape index (κ1) is 24.0. The fourth-order valence-electron chi connectivity index (χ4n) is 4.03. The molecule has 8 heteroatoms. The van der Waals surface area contributed by atoms with E-state index in [9.17, 15) is 18.0 Å². The van der Waals surface area contributed by atoms with Crippen molar-refractivity contribution in [2.24, 2.45) is 5.92 Å². The van der Waals surface area contributed by atoms with Crippen molar-refractivity contribution in [1.29, 1.82) is 0 Å². The fraction of sp³-hybridized carbons (Fsp3) is 0.500. The zero-order valence-corrected chi connectivity index (χ0v) is 18.8. The summed E-state index contributed by atoms with van der Waals surface area (Å²) in [4.78, 5) is 20.8. The summed E-state index contributed by atoms with van der Waals surface area (Å²) in [6.45, 7) is 3.83. The molecule has 0 spiro atoms. The highest BCUT2D eigenvalue weighted by Gasteiger charge is 2.31. The van der Waals surface area contributed by atoms with Crippen molar-refractivity contribution in [3.63, 3.8) is 0 Å². The average Bonchev–Trinajstić information content (AvgIpc) is 2.79. The summed E-state index contributed by atoms with van der Waals surface area (Å²) in [6, 6.07) is 11.0. The molecule has 3 rings (SSSR count). The number of hydrogen-bond acceptors (Lipinski definition) is 4. The lowest BCUT2D eigenvalue weighted by Gasteiger charge is -2.33. The molecule has 0 aliphatic carbocycles. The minimum Gasteiger partial charge on any atom is -0.357 e. The van der Waals surface area contributed by atoms with E-state index in [0.29, 0.717) is 38.3 Å². The summed E-state index contributed by atoms with van der Waals surface area (Å²) in [5.74, 6) is 0.438. The summed E-state index contributed by atoms with van der Waals surface area (Å²) >= 11 is 0. The highest BCUT2D eigenvalue weighted by Crippen LogP contribution is 2.30. The van der Waals surface area contributed by atoms with Crippen LogP contribution in [0.1, 0.15) is 42.5 Å². The minimum atomic E-state index is -4.39. The molecule has 0 unspecified atom stereocenters. The predicted molar refractivity (Wildman–Crippen MR) is 119 cm³/mol. The lowest BCUT2D eigenvalue weighted by molar-refractivity contribution is -0.137. The number of halogens is 3. The molecule has 1 fully saturated rings. The summed E-state index contributed by atoms with van der Waals surface area (Å²) < 4.78 is 38.2. The van der Waals surface area contributed by atoms with Crippen LogP contribution in [0, 0.1) is 5.92 Å². The number of nitrogens with zero attached hydrogens (tertiary/aromatic N) is 3. The molecule has 32 heavy (non-hydrogen) atoms. The van der Waals surface area contributed by atoms with Crippen LogP contribution in [-0.4, -0.2) is 49.5 Å². The molecule has 1 aliphatic rings. The van der Waals surface area contributed by atoms with Gasteiger partial charge in [-0.1, -0.05) is 31.2 Å². The Morgan fingerprint density at radius 3 is 2.31 bits per heavy atom. The Morgan fingerprint density at radius 1 is 1.16 bits per heavy atom. The molecule has 1 atom stereocenters. The topological polar surface area (TPSA) is 48.5 Å². The number of anilines is 1. The Morgan fingerprint density at radius 2 is 1.81 bits per heavy atom. The van der Waals surface area contributed by atoms with Gasteiger partial charge in [0.15, 0.2) is 0 Å². The third kappa shape index (κ3) is 6.00. The second-order valence-electron chi connectivity index (χ2n) is 8.48. The van der Waals surface area contributed by atoms with E-state index < -0.39 is 11.7 Å². The highest BCUT2D eigenvalue weighted by atomic mass is 19.4. The molecule has 0 saturated carbocycles. The van der Waals surface area contributed by atoms with Gasteiger partial charge in [0.25, 0.3) is 0 Å². The Bertz CT molecular complexity index is 874. The molecule has 1 amide bonds. The number of nitrogens with one attached hydrogen (secondary N) is 1. The summed E-state index contributed by atoms with van der Waals surface area (Å²) in [5, 5.41) is 3.10. The lowest BCUT2D eigenvalue weighted by Crippen LogP contribution is -2.43. The molecule has 174 valence electrons. The molecule has 5 nitrogen and oxygen atoms in total. The van der Waals surface area contributed by atoms with Gasteiger partial charge in [0.1, 0.15) is 5.82 Å². The largest absolute Gasteiger partial charge is 0.417 e. The third-order valence-corrected chi connectivity index (χ3v) is 6.13. The van der Waals surface area contributed by atoms with Crippen LogP contribution in [0.15, 0.2) is 42.6 Å². The maximum absolute atomic E-state index is 12.8. The number of aromatic nitrogens is 1. The normalized spacial score (nSPS) is 16.3. The Balaban J connectivity index is 1.52. The second kappa shape index (κ2) is 10.3. The molecular formula is C24H31F3N4O. The van der Waals surface area contributed by atoms with E-state index in [2.05, 4.69) is 46.4 Å². The van der Waals surface area contributed by atoms with Gasteiger partial charge in [0.05, 0.1) is 11.6 Å². The van der Waals surface area contributed by atoms with Crippen molar-refractivity contribution in [2.75, 3.05) is 38.6 Å². The molecular weight excluding hydrogens is 417 g/mol. The van der Waals surface area contributed by atoms with Gasteiger partial charge in [-0.15, -0.1) is 0 Å². The third-order valence-electron chi connectivity index (χ3n) is 6.13. The molecule has 0 radical (unpaired) electrons. The number of carbonyl (C=O) groups excluding carboxylic acids is 1. The van der Waals surface area contributed by atoms with Gasteiger partial charge in [0.2, 0.25) is 5.91 Å². The van der Waals surface area contributed by atoms with E-state index in [1.54, 1.807) is 0 Å². The predicted octanol–water partition coefficient (Wildman–Crippen LogP) is 4.30. The molecule has 1 aromatic heterocycles. The zero-order chi connectivity index (χ0) is 23.3. The summed E-state index contributed by atoms with van der Waals surface area (Å²) in [5.41, 5.74) is 1.69. The van der Waals surface area contributed by atoms with E-state index in [0.717, 1.165) is 24.2 Å². The number of aryl methyl sites for hydroxylation is 1. The summed E-state index contributed by atoms with van der Waals surface area (Å²) in [7, 11) is 4.00. The standard InChI is InChI=1S/C24H31F3N4O/c1-4-17-5-7-18(8-6-17)21(30(2)3)16-29-23(32)19-11-13-31(14-12-19)22-10-9-20(15-28-22)24(25,26)27/h5-10,15,19,21H,4,11-14,16H2,1-3H3,(H,29,32)/t21-/m1/s1. The lowest BCUT2D eigenvalue weighted by atomic mass is 9.95. The first-order valence-corrected chi connectivity index (χ1v) is 11.0. The Kier molecular flexibility index (Phi) is 7.77. The van der Waals surface area contributed by atoms with Crippen LogP contribution in [0.2, 0.25) is 0 Å². The maximum Gasteiger partial charge on any atom is 0.417 e. The van der Waals surface area contributed by atoms with E-state index in [4.69, 9.17) is 0 Å². The van der Waals surface area contributed by atoms with Crippen LogP contribution in [0.3, 0.4) is 0 Å². The van der Waals surface area contributed by atoms with E-state index in [1.807, 2.05) is 19.0 Å². The number of pyridine rings is 1. The van der Waals surface area contributed by atoms with Gasteiger partial charge < -0.3 is 15.1 Å². The number of amides is 1. The van der Waals surface area contributed by atoms with Crippen molar-refractivity contribution in [3.8, 4) is 0 Å². The molecule has 0 bridgehead atoms. The van der Waals surface area contributed by atoms with Crippen molar-refractivity contribution in [2.45, 2.75) is 38.4 Å². The van der Waals surface area contributed by atoms with Crippen LogP contribution >= 0.6 is 0 Å². The van der Waals surface area contributed by atoms with Crippen molar-refractivity contribution >= 4 is 11.7 Å².